The van der Waals surface area contributed by atoms with Gasteiger partial charge in [-0.15, -0.1) is 11.3 Å². The van der Waals surface area contributed by atoms with Gasteiger partial charge in [0.05, 0.1) is 0 Å². The molecule has 0 amide bonds. The summed E-state index contributed by atoms with van der Waals surface area (Å²) >= 11 is 1.83. The fourth-order valence-electron chi connectivity index (χ4n) is 8.56. The van der Waals surface area contributed by atoms with E-state index in [2.05, 4.69) is 182 Å². The van der Waals surface area contributed by atoms with Crippen LogP contribution in [0.4, 0.5) is 0 Å². The summed E-state index contributed by atoms with van der Waals surface area (Å²) in [5.41, 5.74) is 11.1. The number of para-hydroxylation sites is 1. The molecule has 12 aromatic rings. The molecule has 0 saturated carbocycles. The van der Waals surface area contributed by atoms with E-state index in [0.717, 1.165) is 77.4 Å². The van der Waals surface area contributed by atoms with E-state index in [4.69, 9.17) is 19.4 Å². The summed E-state index contributed by atoms with van der Waals surface area (Å²) in [6.45, 7) is 0. The summed E-state index contributed by atoms with van der Waals surface area (Å²) < 4.78 is 8.93. The summed E-state index contributed by atoms with van der Waals surface area (Å²) in [6, 6.07) is 70.5. The quantitative estimate of drug-likeness (QED) is 0.169. The molecule has 60 heavy (non-hydrogen) atoms. The SMILES string of the molecule is c1ccc(-c2cccc(-c3nc(-c4cc(-c5ccc6c(c5)oc5ccccc56)cc(-c5cccc6sc7ccccc7c56)c4)nc(-c4ccc5ccccc5c4)n3)c2)cc1. The molecule has 280 valence electrons. The van der Waals surface area contributed by atoms with Crippen LogP contribution in [0.15, 0.2) is 205 Å². The van der Waals surface area contributed by atoms with Crippen LogP contribution in [0.3, 0.4) is 0 Å². The number of rotatable bonds is 6. The van der Waals surface area contributed by atoms with E-state index in [0.29, 0.717) is 17.5 Å². The molecule has 0 fully saturated rings. The third kappa shape index (κ3) is 5.95. The number of fused-ring (bicyclic) bond motifs is 7. The molecule has 0 spiro atoms. The van der Waals surface area contributed by atoms with Crippen molar-refractivity contribution in [2.45, 2.75) is 0 Å². The second kappa shape index (κ2) is 14.0. The van der Waals surface area contributed by atoms with Crippen molar-refractivity contribution < 1.29 is 4.42 Å². The number of benzene rings is 9. The Bertz CT molecular complexity index is 3620. The lowest BCUT2D eigenvalue weighted by atomic mass is 9.93. The van der Waals surface area contributed by atoms with E-state index in [1.165, 1.54) is 25.6 Å². The number of aromatic nitrogens is 3. The highest BCUT2D eigenvalue weighted by Gasteiger charge is 2.18. The van der Waals surface area contributed by atoms with Crippen LogP contribution in [-0.2, 0) is 0 Å². The van der Waals surface area contributed by atoms with Crippen LogP contribution in [0.1, 0.15) is 0 Å². The first-order valence-corrected chi connectivity index (χ1v) is 20.9. The van der Waals surface area contributed by atoms with Gasteiger partial charge in [-0.2, -0.15) is 0 Å². The first-order valence-electron chi connectivity index (χ1n) is 20.1. The zero-order chi connectivity index (χ0) is 39.6. The van der Waals surface area contributed by atoms with E-state index >= 15 is 0 Å². The number of hydrogen-bond donors (Lipinski definition) is 0. The van der Waals surface area contributed by atoms with Crippen LogP contribution >= 0.6 is 11.3 Å². The Kier molecular flexibility index (Phi) is 8.00. The van der Waals surface area contributed by atoms with E-state index in [1.54, 1.807) is 0 Å². The maximum Gasteiger partial charge on any atom is 0.164 e. The molecule has 0 atom stereocenters. The molecule has 3 heterocycles. The molecule has 5 heteroatoms. The van der Waals surface area contributed by atoms with Crippen molar-refractivity contribution in [1.29, 1.82) is 0 Å². The van der Waals surface area contributed by atoms with Crippen LogP contribution in [0.2, 0.25) is 0 Å². The van der Waals surface area contributed by atoms with E-state index in [-0.39, 0.29) is 0 Å². The first kappa shape index (κ1) is 34.3. The Hall–Kier alpha value is -7.73. The third-order valence-electron chi connectivity index (χ3n) is 11.5. The maximum absolute atomic E-state index is 6.41. The molecule has 0 saturated heterocycles. The van der Waals surface area contributed by atoms with Gasteiger partial charge in [-0.3, -0.25) is 0 Å². The predicted octanol–water partition coefficient (Wildman–Crippen LogP) is 15.3. The van der Waals surface area contributed by atoms with Gasteiger partial charge in [0, 0.05) is 47.6 Å². The minimum absolute atomic E-state index is 0.600. The number of hydrogen-bond acceptors (Lipinski definition) is 5. The van der Waals surface area contributed by atoms with Gasteiger partial charge in [0.2, 0.25) is 0 Å². The summed E-state index contributed by atoms with van der Waals surface area (Å²) in [6.07, 6.45) is 0. The van der Waals surface area contributed by atoms with Gasteiger partial charge in [-0.25, -0.2) is 15.0 Å². The average Bonchev–Trinajstić information content (AvgIpc) is 3.90. The van der Waals surface area contributed by atoms with Crippen molar-refractivity contribution in [3.63, 3.8) is 0 Å². The fourth-order valence-corrected chi connectivity index (χ4v) is 9.69. The summed E-state index contributed by atoms with van der Waals surface area (Å²) in [5, 5.41) is 7.01. The zero-order valence-electron chi connectivity index (χ0n) is 32.2. The molecular formula is C55H33N3OS. The number of nitrogens with zero attached hydrogens (tertiary/aromatic N) is 3. The lowest BCUT2D eigenvalue weighted by Crippen LogP contribution is -2.01. The maximum atomic E-state index is 6.41. The van der Waals surface area contributed by atoms with E-state index < -0.39 is 0 Å². The van der Waals surface area contributed by atoms with Gasteiger partial charge in [0.1, 0.15) is 11.2 Å². The van der Waals surface area contributed by atoms with Crippen molar-refractivity contribution in [1.82, 2.24) is 15.0 Å². The summed E-state index contributed by atoms with van der Waals surface area (Å²) in [7, 11) is 0. The predicted molar refractivity (Wildman–Crippen MR) is 250 cm³/mol. The normalized spacial score (nSPS) is 11.7. The Morgan fingerprint density at radius 1 is 0.317 bits per heavy atom. The third-order valence-corrected chi connectivity index (χ3v) is 12.6. The second-order valence-electron chi connectivity index (χ2n) is 15.2. The minimum atomic E-state index is 0.600. The molecule has 0 aliphatic carbocycles. The molecule has 0 aliphatic rings. The van der Waals surface area contributed by atoms with Gasteiger partial charge in [-0.05, 0) is 105 Å². The Morgan fingerprint density at radius 3 is 1.78 bits per heavy atom. The van der Waals surface area contributed by atoms with Crippen molar-refractivity contribution in [3.8, 4) is 67.5 Å². The molecule has 0 unspecified atom stereocenters. The molecule has 0 radical (unpaired) electrons. The Morgan fingerprint density at radius 2 is 0.900 bits per heavy atom. The Labute approximate surface area is 349 Å². The van der Waals surface area contributed by atoms with Crippen LogP contribution in [-0.4, -0.2) is 15.0 Å². The molecule has 4 nitrogen and oxygen atoms in total. The molecule has 0 bridgehead atoms. The number of furan rings is 1. The fraction of sp³-hybridized carbons (Fsp3) is 0. The van der Waals surface area contributed by atoms with E-state index in [9.17, 15) is 0 Å². The van der Waals surface area contributed by atoms with E-state index in [1.807, 2.05) is 29.5 Å². The van der Waals surface area contributed by atoms with Crippen LogP contribution in [0.25, 0.3) is 120 Å². The largest absolute Gasteiger partial charge is 0.456 e. The van der Waals surface area contributed by atoms with Gasteiger partial charge in [0.25, 0.3) is 0 Å². The van der Waals surface area contributed by atoms with Crippen LogP contribution in [0.5, 0.6) is 0 Å². The highest BCUT2D eigenvalue weighted by Crippen LogP contribution is 2.43. The summed E-state index contributed by atoms with van der Waals surface area (Å²) in [4.78, 5) is 15.8. The molecule has 0 N–H and O–H groups in total. The monoisotopic (exact) mass is 783 g/mol. The highest BCUT2D eigenvalue weighted by atomic mass is 32.1. The molecule has 3 aromatic heterocycles. The van der Waals surface area contributed by atoms with Crippen molar-refractivity contribution in [2.75, 3.05) is 0 Å². The van der Waals surface area contributed by atoms with Gasteiger partial charge >= 0.3 is 0 Å². The molecular weight excluding hydrogens is 751 g/mol. The lowest BCUT2D eigenvalue weighted by Gasteiger charge is -2.14. The minimum Gasteiger partial charge on any atom is -0.456 e. The topological polar surface area (TPSA) is 51.8 Å². The second-order valence-corrected chi connectivity index (χ2v) is 16.3. The molecule has 12 rings (SSSR count). The van der Waals surface area contributed by atoms with Crippen molar-refractivity contribution in [2.24, 2.45) is 0 Å². The first-order chi connectivity index (χ1) is 29.7. The van der Waals surface area contributed by atoms with Crippen LogP contribution < -0.4 is 0 Å². The van der Waals surface area contributed by atoms with Crippen LogP contribution in [0, 0.1) is 0 Å². The Balaban J connectivity index is 1.10. The van der Waals surface area contributed by atoms with Gasteiger partial charge in [0.15, 0.2) is 17.5 Å². The smallest absolute Gasteiger partial charge is 0.164 e. The lowest BCUT2D eigenvalue weighted by molar-refractivity contribution is 0.669. The highest BCUT2D eigenvalue weighted by molar-refractivity contribution is 7.25. The molecule has 0 aliphatic heterocycles. The standard InChI is InChI=1S/C55H33N3OS/c1-2-12-34(13-3-1)37-16-10-17-39(28-37)53-56-54(40-25-24-35-14-4-5-15-36(35)29-40)58-55(57-53)43-31-41(38-26-27-46-45-18-6-8-21-48(45)59-49(46)33-38)30-42(32-43)44-20-11-23-51-52(44)47-19-7-9-22-50(47)60-51/h1-33H. The van der Waals surface area contributed by atoms with Crippen molar-refractivity contribution >= 4 is 64.2 Å². The van der Waals surface area contributed by atoms with Gasteiger partial charge < -0.3 is 4.42 Å². The summed E-state index contributed by atoms with van der Waals surface area (Å²) in [5.74, 6) is 1.83. The van der Waals surface area contributed by atoms with Crippen molar-refractivity contribution in [3.05, 3.63) is 200 Å². The van der Waals surface area contributed by atoms with Gasteiger partial charge in [-0.1, -0.05) is 140 Å². The average molecular weight is 784 g/mol. The zero-order valence-corrected chi connectivity index (χ0v) is 33.0. The molecule has 9 aromatic carbocycles. The number of thiophene rings is 1.